The normalized spacial score (nSPS) is 11.1. The van der Waals surface area contributed by atoms with Gasteiger partial charge >= 0.3 is 0 Å². The molecule has 0 saturated heterocycles. The van der Waals surface area contributed by atoms with Gasteiger partial charge in [0.1, 0.15) is 23.8 Å². The first-order valence-corrected chi connectivity index (χ1v) is 9.70. The van der Waals surface area contributed by atoms with Crippen molar-refractivity contribution in [3.05, 3.63) is 53.2 Å². The molecule has 0 aliphatic heterocycles. The first-order valence-electron chi connectivity index (χ1n) is 9.70. The summed E-state index contributed by atoms with van der Waals surface area (Å²) in [6.45, 7) is 6.18. The standard InChI is InChI=1S/C22H22N4O5/c1-12-10-15(14(3)30-12)18-11-16(19-13(2)26-31-22(19)25-18)20(27)24-17-6-5-7-23-21(17)29-9-8-28-4/h5-7,10-11H,8-9H2,1-4H3,(H,24,27). The number of furan rings is 1. The summed E-state index contributed by atoms with van der Waals surface area (Å²) in [4.78, 5) is 22.0. The van der Waals surface area contributed by atoms with Gasteiger partial charge in [0, 0.05) is 18.9 Å². The van der Waals surface area contributed by atoms with Gasteiger partial charge < -0.3 is 23.7 Å². The molecule has 0 fully saturated rings. The third-order valence-corrected chi connectivity index (χ3v) is 4.72. The van der Waals surface area contributed by atoms with Gasteiger partial charge in [-0.3, -0.25) is 4.79 Å². The molecule has 0 radical (unpaired) electrons. The van der Waals surface area contributed by atoms with Gasteiger partial charge in [0.2, 0.25) is 5.88 Å². The zero-order valence-corrected chi connectivity index (χ0v) is 17.7. The van der Waals surface area contributed by atoms with Gasteiger partial charge in [-0.1, -0.05) is 5.16 Å². The van der Waals surface area contributed by atoms with Crippen LogP contribution in [0.1, 0.15) is 27.6 Å². The van der Waals surface area contributed by atoms with Crippen molar-refractivity contribution in [1.29, 1.82) is 0 Å². The molecule has 4 aromatic heterocycles. The molecule has 0 atom stereocenters. The van der Waals surface area contributed by atoms with Gasteiger partial charge in [-0.25, -0.2) is 9.97 Å². The van der Waals surface area contributed by atoms with Crippen molar-refractivity contribution in [1.82, 2.24) is 15.1 Å². The number of amides is 1. The second-order valence-corrected chi connectivity index (χ2v) is 6.98. The molecule has 0 aliphatic carbocycles. The molecule has 160 valence electrons. The zero-order valence-electron chi connectivity index (χ0n) is 17.7. The number of hydrogen-bond acceptors (Lipinski definition) is 8. The fourth-order valence-electron chi connectivity index (χ4n) is 3.31. The Labute approximate surface area is 178 Å². The minimum Gasteiger partial charge on any atom is -0.474 e. The SMILES string of the molecule is COCCOc1ncccc1NC(=O)c1cc(-c2cc(C)oc2C)nc2onc(C)c12. The topological polar surface area (TPSA) is 113 Å². The molecule has 9 heteroatoms. The summed E-state index contributed by atoms with van der Waals surface area (Å²) in [5, 5.41) is 7.40. The van der Waals surface area contributed by atoms with Crippen LogP contribution in [0.5, 0.6) is 5.88 Å². The summed E-state index contributed by atoms with van der Waals surface area (Å²) in [7, 11) is 1.58. The van der Waals surface area contributed by atoms with E-state index in [-0.39, 0.29) is 11.6 Å². The highest BCUT2D eigenvalue weighted by Gasteiger charge is 2.22. The number of nitrogens with zero attached hydrogens (tertiary/aromatic N) is 3. The van der Waals surface area contributed by atoms with E-state index in [9.17, 15) is 4.79 Å². The number of carbonyl (C=O) groups is 1. The summed E-state index contributed by atoms with van der Waals surface area (Å²) >= 11 is 0. The fourth-order valence-corrected chi connectivity index (χ4v) is 3.31. The monoisotopic (exact) mass is 422 g/mol. The maximum atomic E-state index is 13.3. The molecule has 4 heterocycles. The Morgan fingerprint density at radius 2 is 2.03 bits per heavy atom. The number of ether oxygens (including phenoxy) is 2. The number of hydrogen-bond donors (Lipinski definition) is 1. The van der Waals surface area contributed by atoms with Gasteiger partial charge in [0.25, 0.3) is 11.6 Å². The lowest BCUT2D eigenvalue weighted by Gasteiger charge is -2.12. The largest absolute Gasteiger partial charge is 0.474 e. The first-order chi connectivity index (χ1) is 15.0. The van der Waals surface area contributed by atoms with E-state index in [2.05, 4.69) is 20.4 Å². The highest BCUT2D eigenvalue weighted by Crippen LogP contribution is 2.31. The first kappa shape index (κ1) is 20.5. The minimum atomic E-state index is -0.359. The van der Waals surface area contributed by atoms with Crippen molar-refractivity contribution < 1.29 is 23.2 Å². The average molecular weight is 422 g/mol. The number of nitrogens with one attached hydrogen (secondary N) is 1. The number of pyridine rings is 2. The predicted molar refractivity (Wildman–Crippen MR) is 113 cm³/mol. The molecule has 0 aliphatic rings. The van der Waals surface area contributed by atoms with Crippen molar-refractivity contribution in [2.24, 2.45) is 0 Å². The van der Waals surface area contributed by atoms with Crippen molar-refractivity contribution in [2.45, 2.75) is 20.8 Å². The zero-order chi connectivity index (χ0) is 22.0. The lowest BCUT2D eigenvalue weighted by molar-refractivity contribution is 0.102. The van der Waals surface area contributed by atoms with Gasteiger partial charge in [0.15, 0.2) is 0 Å². The highest BCUT2D eigenvalue weighted by molar-refractivity contribution is 6.13. The molecule has 1 amide bonds. The molecule has 31 heavy (non-hydrogen) atoms. The minimum absolute atomic E-state index is 0.279. The Morgan fingerprint density at radius 3 is 2.77 bits per heavy atom. The number of carbonyl (C=O) groups excluding carboxylic acids is 1. The van der Waals surface area contributed by atoms with E-state index in [1.165, 1.54) is 0 Å². The van der Waals surface area contributed by atoms with Crippen molar-refractivity contribution >= 4 is 22.7 Å². The molecule has 4 rings (SSSR count). The summed E-state index contributed by atoms with van der Waals surface area (Å²) < 4.78 is 21.6. The van der Waals surface area contributed by atoms with E-state index in [0.717, 1.165) is 11.3 Å². The average Bonchev–Trinajstić information content (AvgIpc) is 3.30. The van der Waals surface area contributed by atoms with Gasteiger partial charge in [-0.05, 0) is 45.0 Å². The Hall–Kier alpha value is -3.72. The number of methoxy groups -OCH3 is 1. The number of aromatic nitrogens is 3. The van der Waals surface area contributed by atoms with E-state index in [4.69, 9.17) is 18.4 Å². The lowest BCUT2D eigenvalue weighted by atomic mass is 10.1. The second kappa shape index (κ2) is 8.57. The van der Waals surface area contributed by atoms with Crippen LogP contribution >= 0.6 is 0 Å². The smallest absolute Gasteiger partial charge is 0.259 e. The maximum Gasteiger partial charge on any atom is 0.259 e. The predicted octanol–water partition coefficient (Wildman–Crippen LogP) is 4.08. The number of fused-ring (bicyclic) bond motifs is 1. The molecule has 0 spiro atoms. The molecule has 0 saturated carbocycles. The van der Waals surface area contributed by atoms with E-state index in [1.807, 2.05) is 19.9 Å². The number of anilines is 1. The molecule has 0 bridgehead atoms. The Balaban J connectivity index is 1.73. The van der Waals surface area contributed by atoms with E-state index in [0.29, 0.717) is 52.9 Å². The molecular weight excluding hydrogens is 400 g/mol. The second-order valence-electron chi connectivity index (χ2n) is 6.98. The highest BCUT2D eigenvalue weighted by atomic mass is 16.5. The quantitative estimate of drug-likeness (QED) is 0.443. The summed E-state index contributed by atoms with van der Waals surface area (Å²) in [6, 6.07) is 7.02. The fraction of sp³-hybridized carbons (Fsp3) is 0.273. The molecule has 1 N–H and O–H groups in total. The van der Waals surface area contributed by atoms with Crippen LogP contribution in [0.4, 0.5) is 5.69 Å². The van der Waals surface area contributed by atoms with Gasteiger partial charge in [0.05, 0.1) is 28.9 Å². The third-order valence-electron chi connectivity index (χ3n) is 4.72. The van der Waals surface area contributed by atoms with Crippen LogP contribution in [-0.2, 0) is 4.74 Å². The maximum absolute atomic E-state index is 13.3. The Bertz CT molecular complexity index is 1240. The molecule has 9 nitrogen and oxygen atoms in total. The van der Waals surface area contributed by atoms with E-state index in [1.54, 1.807) is 38.4 Å². The van der Waals surface area contributed by atoms with E-state index >= 15 is 0 Å². The Morgan fingerprint density at radius 1 is 1.19 bits per heavy atom. The van der Waals surface area contributed by atoms with Crippen LogP contribution in [0.15, 0.2) is 39.4 Å². The number of aryl methyl sites for hydroxylation is 3. The van der Waals surface area contributed by atoms with Crippen LogP contribution in [-0.4, -0.2) is 41.4 Å². The van der Waals surface area contributed by atoms with Crippen LogP contribution in [0.25, 0.3) is 22.4 Å². The van der Waals surface area contributed by atoms with Crippen molar-refractivity contribution in [3.8, 4) is 17.1 Å². The summed E-state index contributed by atoms with van der Waals surface area (Å²) in [6.07, 6.45) is 1.59. The molecular formula is C22H22N4O5. The van der Waals surface area contributed by atoms with Crippen LogP contribution < -0.4 is 10.1 Å². The van der Waals surface area contributed by atoms with Crippen LogP contribution in [0.3, 0.4) is 0 Å². The van der Waals surface area contributed by atoms with Crippen molar-refractivity contribution in [3.63, 3.8) is 0 Å². The molecule has 0 aromatic carbocycles. The van der Waals surface area contributed by atoms with Gasteiger partial charge in [-0.2, -0.15) is 0 Å². The summed E-state index contributed by atoms with van der Waals surface area (Å²) in [5.74, 6) is 1.40. The number of rotatable bonds is 7. The van der Waals surface area contributed by atoms with Crippen LogP contribution in [0, 0.1) is 20.8 Å². The van der Waals surface area contributed by atoms with Crippen molar-refractivity contribution in [2.75, 3.05) is 25.6 Å². The molecule has 4 aromatic rings. The summed E-state index contributed by atoms with van der Waals surface area (Å²) in [5.41, 5.74) is 3.02. The lowest BCUT2D eigenvalue weighted by Crippen LogP contribution is -2.15. The molecule has 0 unspecified atom stereocenters. The van der Waals surface area contributed by atoms with Crippen LogP contribution in [0.2, 0.25) is 0 Å². The Kier molecular flexibility index (Phi) is 5.68. The third kappa shape index (κ3) is 4.13. The van der Waals surface area contributed by atoms with E-state index < -0.39 is 0 Å². The van der Waals surface area contributed by atoms with Gasteiger partial charge in [-0.15, -0.1) is 0 Å².